The fraction of sp³-hybridized carbons (Fsp3) is 1.00. The standard InChI is InChI=1S/C7H18NO2PS/c1-4-6-10-11(8,9)12-7(3)5-2/h7H,4-6H2,1-3H3,(H2,8,9). The van der Waals surface area contributed by atoms with Gasteiger partial charge in [0.15, 0.2) is 0 Å². The van der Waals surface area contributed by atoms with Crippen molar-refractivity contribution in [1.82, 2.24) is 0 Å². The van der Waals surface area contributed by atoms with Crippen LogP contribution in [0.5, 0.6) is 0 Å². The van der Waals surface area contributed by atoms with Crippen LogP contribution in [0.4, 0.5) is 0 Å². The van der Waals surface area contributed by atoms with Crippen molar-refractivity contribution in [3.05, 3.63) is 0 Å². The summed E-state index contributed by atoms with van der Waals surface area (Å²) < 4.78 is 16.5. The smallest absolute Gasteiger partial charge is 0.310 e. The summed E-state index contributed by atoms with van der Waals surface area (Å²) in [7, 11) is 0. The highest BCUT2D eigenvalue weighted by Gasteiger charge is 2.20. The van der Waals surface area contributed by atoms with Gasteiger partial charge in [-0.25, -0.2) is 0 Å². The van der Waals surface area contributed by atoms with Crippen molar-refractivity contribution < 1.29 is 9.09 Å². The lowest BCUT2D eigenvalue weighted by Gasteiger charge is -2.15. The normalized spacial score (nSPS) is 18.7. The van der Waals surface area contributed by atoms with Crippen LogP contribution in [0.3, 0.4) is 0 Å². The van der Waals surface area contributed by atoms with Gasteiger partial charge in [0.05, 0.1) is 6.61 Å². The Balaban J connectivity index is 3.78. The Bertz CT molecular complexity index is 165. The summed E-state index contributed by atoms with van der Waals surface area (Å²) >= 11 is 1.25. The molecule has 0 saturated carbocycles. The maximum absolute atomic E-state index is 11.5. The first kappa shape index (κ1) is 12.5. The van der Waals surface area contributed by atoms with E-state index < -0.39 is 6.72 Å². The fourth-order valence-corrected chi connectivity index (χ4v) is 4.08. The topological polar surface area (TPSA) is 52.3 Å². The van der Waals surface area contributed by atoms with Gasteiger partial charge in [-0.2, -0.15) is 0 Å². The zero-order valence-corrected chi connectivity index (χ0v) is 9.66. The van der Waals surface area contributed by atoms with Gasteiger partial charge < -0.3 is 4.52 Å². The third kappa shape index (κ3) is 6.06. The molecule has 0 fully saturated rings. The van der Waals surface area contributed by atoms with Crippen molar-refractivity contribution in [2.45, 2.75) is 38.9 Å². The molecule has 3 nitrogen and oxygen atoms in total. The van der Waals surface area contributed by atoms with E-state index in [9.17, 15) is 4.57 Å². The first-order chi connectivity index (χ1) is 5.52. The van der Waals surface area contributed by atoms with E-state index in [1.165, 1.54) is 11.4 Å². The van der Waals surface area contributed by atoms with Crippen LogP contribution < -0.4 is 5.50 Å². The molecule has 2 unspecified atom stereocenters. The summed E-state index contributed by atoms with van der Waals surface area (Å²) in [5, 5.41) is 0.303. The first-order valence-corrected chi connectivity index (χ1v) is 7.41. The van der Waals surface area contributed by atoms with Crippen LogP contribution in [0, 0.1) is 0 Å². The minimum atomic E-state index is -2.87. The van der Waals surface area contributed by atoms with Crippen molar-refractivity contribution in [1.29, 1.82) is 0 Å². The van der Waals surface area contributed by atoms with Crippen LogP contribution in [0.25, 0.3) is 0 Å². The van der Waals surface area contributed by atoms with Gasteiger partial charge in [0.25, 0.3) is 0 Å². The first-order valence-electron chi connectivity index (χ1n) is 4.23. The summed E-state index contributed by atoms with van der Waals surface area (Å²) in [6, 6.07) is 0. The molecule has 2 atom stereocenters. The highest BCUT2D eigenvalue weighted by molar-refractivity contribution is 8.56. The van der Waals surface area contributed by atoms with Gasteiger partial charge in [-0.3, -0.25) is 10.1 Å². The van der Waals surface area contributed by atoms with E-state index >= 15 is 0 Å². The monoisotopic (exact) mass is 211 g/mol. The van der Waals surface area contributed by atoms with Gasteiger partial charge in [-0.1, -0.05) is 32.2 Å². The van der Waals surface area contributed by atoms with Crippen molar-refractivity contribution in [3.8, 4) is 0 Å². The Morgan fingerprint density at radius 1 is 1.58 bits per heavy atom. The third-order valence-corrected chi connectivity index (χ3v) is 5.18. The number of nitrogens with two attached hydrogens (primary N) is 1. The summed E-state index contributed by atoms with van der Waals surface area (Å²) in [6.07, 6.45) is 1.81. The lowest BCUT2D eigenvalue weighted by Crippen LogP contribution is -2.02. The van der Waals surface area contributed by atoms with Crippen molar-refractivity contribution >= 4 is 18.1 Å². The molecule has 0 aromatic rings. The van der Waals surface area contributed by atoms with E-state index in [-0.39, 0.29) is 0 Å². The summed E-state index contributed by atoms with van der Waals surface area (Å²) in [6.45, 7) is 3.62. The number of hydrogen-bond donors (Lipinski definition) is 1. The molecule has 74 valence electrons. The van der Waals surface area contributed by atoms with Crippen LogP contribution in [0.15, 0.2) is 0 Å². The second kappa shape index (κ2) is 6.03. The van der Waals surface area contributed by atoms with E-state index in [0.717, 1.165) is 12.8 Å². The van der Waals surface area contributed by atoms with Crippen molar-refractivity contribution in [2.24, 2.45) is 5.50 Å². The molecule has 0 aliphatic carbocycles. The van der Waals surface area contributed by atoms with Crippen LogP contribution in [-0.4, -0.2) is 11.9 Å². The van der Waals surface area contributed by atoms with Gasteiger partial charge in [0.2, 0.25) is 0 Å². The third-order valence-electron chi connectivity index (χ3n) is 1.38. The van der Waals surface area contributed by atoms with Crippen LogP contribution in [0.2, 0.25) is 0 Å². The Morgan fingerprint density at radius 2 is 2.17 bits per heavy atom. The fourth-order valence-electron chi connectivity index (χ4n) is 0.574. The van der Waals surface area contributed by atoms with Gasteiger partial charge in [0, 0.05) is 5.25 Å². The van der Waals surface area contributed by atoms with E-state index in [0.29, 0.717) is 11.9 Å². The molecule has 0 saturated heterocycles. The molecule has 0 aromatic heterocycles. The molecule has 5 heteroatoms. The molecule has 0 heterocycles. The van der Waals surface area contributed by atoms with Gasteiger partial charge in [0.1, 0.15) is 0 Å². The molecule has 0 aliphatic rings. The number of rotatable bonds is 6. The van der Waals surface area contributed by atoms with Crippen LogP contribution in [-0.2, 0) is 9.09 Å². The van der Waals surface area contributed by atoms with Crippen molar-refractivity contribution in [3.63, 3.8) is 0 Å². The molecular weight excluding hydrogens is 193 g/mol. The SMILES string of the molecule is CCCOP(N)(=O)SC(C)CC. The highest BCUT2D eigenvalue weighted by Crippen LogP contribution is 2.54. The van der Waals surface area contributed by atoms with E-state index in [2.05, 4.69) is 0 Å². The Labute approximate surface area is 78.7 Å². The van der Waals surface area contributed by atoms with Gasteiger partial charge >= 0.3 is 6.72 Å². The molecule has 0 aromatic carbocycles. The molecule has 0 radical (unpaired) electrons. The molecule has 0 spiro atoms. The molecule has 0 rings (SSSR count). The second-order valence-corrected chi connectivity index (χ2v) is 7.21. The Kier molecular flexibility index (Phi) is 6.28. The van der Waals surface area contributed by atoms with E-state index in [4.69, 9.17) is 10.0 Å². The van der Waals surface area contributed by atoms with E-state index in [1.54, 1.807) is 0 Å². The lowest BCUT2D eigenvalue weighted by molar-refractivity contribution is 0.325. The summed E-state index contributed by atoms with van der Waals surface area (Å²) in [5.41, 5.74) is 5.48. The molecule has 0 aliphatic heterocycles. The molecule has 0 bridgehead atoms. The zero-order chi connectivity index (χ0) is 9.61. The minimum absolute atomic E-state index is 0.303. The average molecular weight is 211 g/mol. The largest absolute Gasteiger partial charge is 0.324 e. The lowest BCUT2D eigenvalue weighted by atomic mass is 10.4. The predicted molar refractivity (Wildman–Crippen MR) is 55.4 cm³/mol. The Morgan fingerprint density at radius 3 is 2.58 bits per heavy atom. The summed E-state index contributed by atoms with van der Waals surface area (Å²) in [4.78, 5) is 0. The molecule has 2 N–H and O–H groups in total. The summed E-state index contributed by atoms with van der Waals surface area (Å²) in [5.74, 6) is 0. The average Bonchev–Trinajstić information content (AvgIpc) is 2.00. The maximum atomic E-state index is 11.5. The molecule has 0 amide bonds. The van der Waals surface area contributed by atoms with Crippen LogP contribution in [0.1, 0.15) is 33.6 Å². The molecule has 12 heavy (non-hydrogen) atoms. The quantitative estimate of drug-likeness (QED) is 0.686. The number of hydrogen-bond acceptors (Lipinski definition) is 3. The van der Waals surface area contributed by atoms with Gasteiger partial charge in [-0.05, 0) is 12.8 Å². The van der Waals surface area contributed by atoms with E-state index in [1.807, 2.05) is 20.8 Å². The van der Waals surface area contributed by atoms with Crippen molar-refractivity contribution in [2.75, 3.05) is 6.61 Å². The highest BCUT2D eigenvalue weighted by atomic mass is 32.7. The second-order valence-electron chi connectivity index (χ2n) is 2.70. The van der Waals surface area contributed by atoms with Crippen LogP contribution >= 0.6 is 18.1 Å². The molecular formula is C7H18NO2PS. The minimum Gasteiger partial charge on any atom is -0.310 e. The predicted octanol–water partition coefficient (Wildman–Crippen LogP) is 3.01. The van der Waals surface area contributed by atoms with Gasteiger partial charge in [-0.15, -0.1) is 0 Å². The Hall–Kier alpha value is 0.500. The zero-order valence-electron chi connectivity index (χ0n) is 7.95. The maximum Gasteiger partial charge on any atom is 0.324 e.